The molecule has 1 atom stereocenters. The van der Waals surface area contributed by atoms with Crippen molar-refractivity contribution in [1.82, 2.24) is 15.1 Å². The lowest BCUT2D eigenvalue weighted by atomic mass is 10.2. The molecule has 1 N–H and O–H groups in total. The third-order valence-electron chi connectivity index (χ3n) is 3.66. The van der Waals surface area contributed by atoms with Gasteiger partial charge in [0.1, 0.15) is 5.15 Å². The summed E-state index contributed by atoms with van der Waals surface area (Å²) in [6.45, 7) is 3.53. The Morgan fingerprint density at radius 1 is 1.35 bits per heavy atom. The van der Waals surface area contributed by atoms with Crippen molar-refractivity contribution in [3.63, 3.8) is 0 Å². The predicted molar refractivity (Wildman–Crippen MR) is 101 cm³/mol. The van der Waals surface area contributed by atoms with Gasteiger partial charge < -0.3 is 10.1 Å². The number of nitrogens with zero attached hydrogens (tertiary/aromatic N) is 2. The molecule has 0 spiro atoms. The Labute approximate surface area is 161 Å². The fourth-order valence-electron chi connectivity index (χ4n) is 2.22. The number of carbonyl (C=O) groups excluding carboxylic acids is 2. The van der Waals surface area contributed by atoms with E-state index in [2.05, 4.69) is 10.4 Å². The Morgan fingerprint density at radius 3 is 2.65 bits per heavy atom. The number of aromatic nitrogens is 2. The Bertz CT molecular complexity index is 846. The van der Waals surface area contributed by atoms with E-state index >= 15 is 0 Å². The summed E-state index contributed by atoms with van der Waals surface area (Å²) in [5.41, 5.74) is 2.09. The van der Waals surface area contributed by atoms with Gasteiger partial charge in [0, 0.05) is 30.3 Å². The van der Waals surface area contributed by atoms with Crippen LogP contribution in [0.2, 0.25) is 10.2 Å². The molecule has 2 aromatic rings. The van der Waals surface area contributed by atoms with Crippen LogP contribution >= 0.6 is 23.2 Å². The first-order valence-electron chi connectivity index (χ1n) is 7.88. The second-order valence-electron chi connectivity index (χ2n) is 5.64. The fraction of sp³-hybridized carbons (Fsp3) is 0.278. The molecule has 1 heterocycles. The Balaban J connectivity index is 1.89. The van der Waals surface area contributed by atoms with Gasteiger partial charge in [-0.1, -0.05) is 41.4 Å². The monoisotopic (exact) mass is 395 g/mol. The molecule has 0 bridgehead atoms. The van der Waals surface area contributed by atoms with Gasteiger partial charge >= 0.3 is 5.97 Å². The van der Waals surface area contributed by atoms with E-state index in [4.69, 9.17) is 27.9 Å². The minimum absolute atomic E-state index is 0.251. The number of hydrogen-bond donors (Lipinski definition) is 1. The molecule has 0 aliphatic rings. The molecule has 0 saturated carbocycles. The lowest BCUT2D eigenvalue weighted by Crippen LogP contribution is -2.35. The highest BCUT2D eigenvalue weighted by Crippen LogP contribution is 2.20. The number of amides is 1. The summed E-state index contributed by atoms with van der Waals surface area (Å²) < 4.78 is 6.60. The normalized spacial score (nSPS) is 12.2. The first kappa shape index (κ1) is 20.0. The largest absolute Gasteiger partial charge is 0.449 e. The molecule has 1 unspecified atom stereocenters. The van der Waals surface area contributed by atoms with Crippen LogP contribution in [0.5, 0.6) is 0 Å². The Hall–Kier alpha value is -2.31. The highest BCUT2D eigenvalue weighted by molar-refractivity contribution is 6.31. The summed E-state index contributed by atoms with van der Waals surface area (Å²) in [6.07, 6.45) is 1.79. The summed E-state index contributed by atoms with van der Waals surface area (Å²) in [6, 6.07) is 7.18. The van der Waals surface area contributed by atoms with Crippen LogP contribution in [-0.2, 0) is 27.9 Å². The van der Waals surface area contributed by atoms with Gasteiger partial charge in [-0.05, 0) is 31.6 Å². The first-order chi connectivity index (χ1) is 12.3. The van der Waals surface area contributed by atoms with E-state index in [1.54, 1.807) is 26.1 Å². The highest BCUT2D eigenvalue weighted by Gasteiger charge is 2.17. The van der Waals surface area contributed by atoms with Crippen molar-refractivity contribution in [1.29, 1.82) is 0 Å². The van der Waals surface area contributed by atoms with Gasteiger partial charge in [0.25, 0.3) is 5.91 Å². The van der Waals surface area contributed by atoms with E-state index in [0.717, 1.165) is 5.56 Å². The smallest absolute Gasteiger partial charge is 0.331 e. The lowest BCUT2D eigenvalue weighted by Gasteiger charge is -2.13. The van der Waals surface area contributed by atoms with Crippen molar-refractivity contribution in [2.24, 2.45) is 7.05 Å². The maximum Gasteiger partial charge on any atom is 0.331 e. The zero-order valence-electron chi connectivity index (χ0n) is 14.6. The first-order valence-corrected chi connectivity index (χ1v) is 8.64. The van der Waals surface area contributed by atoms with Crippen LogP contribution in [0.15, 0.2) is 30.3 Å². The second kappa shape index (κ2) is 8.87. The lowest BCUT2D eigenvalue weighted by molar-refractivity contribution is -0.150. The number of ether oxygens (including phenoxy) is 1. The zero-order chi connectivity index (χ0) is 19.3. The maximum absolute atomic E-state index is 12.1. The van der Waals surface area contributed by atoms with E-state index in [9.17, 15) is 9.59 Å². The van der Waals surface area contributed by atoms with Crippen LogP contribution in [0.4, 0.5) is 0 Å². The van der Waals surface area contributed by atoms with Crippen molar-refractivity contribution < 1.29 is 14.3 Å². The van der Waals surface area contributed by atoms with E-state index in [0.29, 0.717) is 21.4 Å². The van der Waals surface area contributed by atoms with Crippen LogP contribution in [0.3, 0.4) is 0 Å². The molecule has 0 saturated heterocycles. The van der Waals surface area contributed by atoms with Crippen LogP contribution in [0.1, 0.15) is 23.7 Å². The number of rotatable bonds is 6. The molecule has 138 valence electrons. The summed E-state index contributed by atoms with van der Waals surface area (Å²) in [5, 5.41) is 7.80. The molecular formula is C18H19Cl2N3O3. The average molecular weight is 396 g/mol. The third-order valence-corrected chi connectivity index (χ3v) is 4.47. The highest BCUT2D eigenvalue weighted by atomic mass is 35.5. The van der Waals surface area contributed by atoms with Crippen molar-refractivity contribution >= 4 is 41.2 Å². The molecule has 2 rings (SSSR count). The summed E-state index contributed by atoms with van der Waals surface area (Å²) >= 11 is 12.1. The van der Waals surface area contributed by atoms with Gasteiger partial charge in [-0.15, -0.1) is 0 Å². The molecule has 8 heteroatoms. The number of nitrogens with one attached hydrogen (secondary N) is 1. The minimum Gasteiger partial charge on any atom is -0.449 e. The Morgan fingerprint density at radius 2 is 2.04 bits per heavy atom. The van der Waals surface area contributed by atoms with Crippen molar-refractivity contribution in [3.8, 4) is 0 Å². The molecular weight excluding hydrogens is 377 g/mol. The molecule has 1 amide bonds. The minimum atomic E-state index is -0.944. The number of benzene rings is 1. The van der Waals surface area contributed by atoms with E-state index in [1.165, 1.54) is 23.8 Å². The topological polar surface area (TPSA) is 73.2 Å². The van der Waals surface area contributed by atoms with Crippen LogP contribution in [0, 0.1) is 6.92 Å². The fourth-order valence-corrected chi connectivity index (χ4v) is 2.66. The molecule has 0 radical (unpaired) electrons. The summed E-state index contributed by atoms with van der Waals surface area (Å²) in [5.74, 6) is -1.06. The van der Waals surface area contributed by atoms with Crippen molar-refractivity contribution in [2.45, 2.75) is 26.5 Å². The van der Waals surface area contributed by atoms with E-state index in [-0.39, 0.29) is 6.54 Å². The number of carbonyl (C=O) groups is 2. The quantitative estimate of drug-likeness (QED) is 0.601. The van der Waals surface area contributed by atoms with Gasteiger partial charge in [0.2, 0.25) is 0 Å². The van der Waals surface area contributed by atoms with Gasteiger partial charge in [0.05, 0.1) is 5.69 Å². The van der Waals surface area contributed by atoms with E-state index in [1.807, 2.05) is 12.1 Å². The number of hydrogen-bond acceptors (Lipinski definition) is 4. The molecule has 0 fully saturated rings. The van der Waals surface area contributed by atoms with E-state index < -0.39 is 18.0 Å². The molecule has 0 aliphatic heterocycles. The maximum atomic E-state index is 12.1. The van der Waals surface area contributed by atoms with Gasteiger partial charge in [-0.2, -0.15) is 5.10 Å². The summed E-state index contributed by atoms with van der Waals surface area (Å²) in [7, 11) is 1.70. The molecule has 0 aliphatic carbocycles. The van der Waals surface area contributed by atoms with Gasteiger partial charge in [0.15, 0.2) is 6.10 Å². The average Bonchev–Trinajstić information content (AvgIpc) is 2.84. The molecule has 26 heavy (non-hydrogen) atoms. The third kappa shape index (κ3) is 5.09. The Kier molecular flexibility index (Phi) is 6.83. The number of aryl methyl sites for hydroxylation is 2. The van der Waals surface area contributed by atoms with Crippen LogP contribution in [0.25, 0.3) is 6.08 Å². The second-order valence-corrected chi connectivity index (χ2v) is 6.40. The number of esters is 1. The van der Waals surface area contributed by atoms with Gasteiger partial charge in [-0.25, -0.2) is 4.79 Å². The predicted octanol–water partition coefficient (Wildman–Crippen LogP) is 3.30. The molecule has 1 aromatic heterocycles. The van der Waals surface area contributed by atoms with Crippen LogP contribution in [-0.4, -0.2) is 27.8 Å². The number of halogens is 2. The SMILES string of the molecule is Cc1nn(C)c(Cl)c1/C=C/C(=O)OC(C)C(=O)NCc1ccccc1Cl. The van der Waals surface area contributed by atoms with Crippen molar-refractivity contribution in [2.75, 3.05) is 0 Å². The summed E-state index contributed by atoms with van der Waals surface area (Å²) in [4.78, 5) is 24.0. The standard InChI is InChI=1S/C18H19Cl2N3O3/c1-11-14(17(20)23(3)22-11)8-9-16(24)26-12(2)18(25)21-10-13-6-4-5-7-15(13)19/h4-9,12H,10H2,1-3H3,(H,21,25)/b9-8+. The van der Waals surface area contributed by atoms with Crippen LogP contribution < -0.4 is 5.32 Å². The zero-order valence-corrected chi connectivity index (χ0v) is 16.1. The van der Waals surface area contributed by atoms with Crippen molar-refractivity contribution in [3.05, 3.63) is 57.3 Å². The molecule has 6 nitrogen and oxygen atoms in total. The molecule has 1 aromatic carbocycles. The van der Waals surface area contributed by atoms with Gasteiger partial charge in [-0.3, -0.25) is 9.48 Å².